The molecule has 2 fully saturated rings. The average Bonchev–Trinajstić information content (AvgIpc) is 3.55. The highest BCUT2D eigenvalue weighted by atomic mass is 19.3. The first-order chi connectivity index (χ1) is 15.7. The van der Waals surface area contributed by atoms with Gasteiger partial charge in [0.15, 0.2) is 5.96 Å². The first-order valence-electron chi connectivity index (χ1n) is 11.1. The maximum absolute atomic E-state index is 12.8. The summed E-state index contributed by atoms with van der Waals surface area (Å²) in [5.41, 5.74) is 0.681. The van der Waals surface area contributed by atoms with E-state index in [0.717, 1.165) is 50.6 Å². The van der Waals surface area contributed by atoms with Gasteiger partial charge in [0, 0.05) is 38.7 Å². The van der Waals surface area contributed by atoms with Crippen molar-refractivity contribution in [3.05, 3.63) is 48.4 Å². The molecule has 4 rings (SSSR count). The summed E-state index contributed by atoms with van der Waals surface area (Å²) in [7, 11) is 0. The molecule has 0 aliphatic carbocycles. The number of rotatable bonds is 9. The van der Waals surface area contributed by atoms with Gasteiger partial charge in [0.1, 0.15) is 11.5 Å². The molecule has 0 bridgehead atoms. The first kappa shape index (κ1) is 22.4. The van der Waals surface area contributed by atoms with Gasteiger partial charge in [-0.05, 0) is 43.5 Å². The Bertz CT molecular complexity index is 857. The van der Waals surface area contributed by atoms with Crippen molar-refractivity contribution in [1.82, 2.24) is 10.6 Å². The SMILES string of the molecule is FC(F)Oc1ccccc1N1CCC(NC(=NCC2CCCO2)NCCc2ccco2)C1. The molecule has 2 aromatic rings. The lowest BCUT2D eigenvalue weighted by atomic mass is 10.2. The van der Waals surface area contributed by atoms with Crippen LogP contribution in [0.25, 0.3) is 0 Å². The maximum Gasteiger partial charge on any atom is 0.387 e. The number of anilines is 1. The molecule has 1 aromatic heterocycles. The average molecular weight is 449 g/mol. The standard InChI is InChI=1S/C23H30F2N4O3/c24-22(25)32-21-8-2-1-7-20(21)29-12-10-17(16-29)28-23(27-15-19-6-4-14-31-19)26-11-9-18-5-3-13-30-18/h1-3,5,7-8,13,17,19,22H,4,6,9-12,14-16H2,(H2,26,27,28). The minimum Gasteiger partial charge on any atom is -0.469 e. The number of para-hydroxylation sites is 2. The molecule has 0 saturated carbocycles. The normalized spacial score (nSPS) is 21.3. The van der Waals surface area contributed by atoms with Crippen molar-refractivity contribution < 1.29 is 22.7 Å². The Kier molecular flexibility index (Phi) is 7.82. The van der Waals surface area contributed by atoms with Crippen molar-refractivity contribution in [3.63, 3.8) is 0 Å². The maximum atomic E-state index is 12.8. The number of alkyl halides is 2. The van der Waals surface area contributed by atoms with E-state index in [4.69, 9.17) is 18.9 Å². The molecule has 2 unspecified atom stereocenters. The Morgan fingerprint density at radius 3 is 2.91 bits per heavy atom. The molecule has 0 radical (unpaired) electrons. The van der Waals surface area contributed by atoms with Gasteiger partial charge in [0.05, 0.1) is 24.6 Å². The second-order valence-corrected chi connectivity index (χ2v) is 8.00. The topological polar surface area (TPSA) is 71.3 Å². The number of nitrogens with one attached hydrogen (secondary N) is 2. The second-order valence-electron chi connectivity index (χ2n) is 8.00. The molecular formula is C23H30F2N4O3. The fourth-order valence-corrected chi connectivity index (χ4v) is 4.10. The number of furan rings is 1. The van der Waals surface area contributed by atoms with E-state index in [1.165, 1.54) is 0 Å². The lowest BCUT2D eigenvalue weighted by Gasteiger charge is -2.23. The number of aliphatic imine (C=N–C) groups is 1. The van der Waals surface area contributed by atoms with E-state index in [9.17, 15) is 8.78 Å². The highest BCUT2D eigenvalue weighted by Crippen LogP contribution is 2.31. The molecule has 32 heavy (non-hydrogen) atoms. The summed E-state index contributed by atoms with van der Waals surface area (Å²) in [6.07, 6.45) is 5.55. The van der Waals surface area contributed by atoms with Gasteiger partial charge in [0.25, 0.3) is 0 Å². The van der Waals surface area contributed by atoms with Crippen LogP contribution >= 0.6 is 0 Å². The van der Waals surface area contributed by atoms with Crippen LogP contribution in [-0.4, -0.2) is 57.5 Å². The zero-order valence-corrected chi connectivity index (χ0v) is 18.0. The van der Waals surface area contributed by atoms with Gasteiger partial charge in [0.2, 0.25) is 0 Å². The monoisotopic (exact) mass is 448 g/mol. The zero-order valence-electron chi connectivity index (χ0n) is 18.0. The predicted octanol–water partition coefficient (Wildman–Crippen LogP) is 3.42. The van der Waals surface area contributed by atoms with Crippen LogP contribution in [0.1, 0.15) is 25.0 Å². The van der Waals surface area contributed by atoms with Gasteiger partial charge in [-0.25, -0.2) is 0 Å². The minimum atomic E-state index is -2.84. The number of hydrogen-bond acceptors (Lipinski definition) is 5. The molecule has 2 saturated heterocycles. The summed E-state index contributed by atoms with van der Waals surface area (Å²) in [6, 6.07) is 10.9. The number of benzene rings is 1. The van der Waals surface area contributed by atoms with Crippen LogP contribution in [0.15, 0.2) is 52.1 Å². The Labute approximate surface area is 186 Å². The van der Waals surface area contributed by atoms with E-state index in [1.807, 2.05) is 24.3 Å². The molecule has 0 spiro atoms. The summed E-state index contributed by atoms with van der Waals surface area (Å²) < 4.78 is 41.3. The molecule has 7 nitrogen and oxygen atoms in total. The molecule has 2 N–H and O–H groups in total. The number of halogens is 2. The number of ether oxygens (including phenoxy) is 2. The van der Waals surface area contributed by atoms with Crippen LogP contribution in [-0.2, 0) is 11.2 Å². The van der Waals surface area contributed by atoms with Crippen molar-refractivity contribution in [2.24, 2.45) is 4.99 Å². The van der Waals surface area contributed by atoms with Gasteiger partial charge >= 0.3 is 6.61 Å². The van der Waals surface area contributed by atoms with E-state index in [-0.39, 0.29) is 17.9 Å². The molecule has 2 atom stereocenters. The third-order valence-electron chi connectivity index (χ3n) is 5.67. The zero-order chi connectivity index (χ0) is 22.2. The van der Waals surface area contributed by atoms with E-state index in [1.54, 1.807) is 18.4 Å². The molecular weight excluding hydrogens is 418 g/mol. The van der Waals surface area contributed by atoms with E-state index < -0.39 is 6.61 Å². The van der Waals surface area contributed by atoms with Crippen molar-refractivity contribution in [3.8, 4) is 5.75 Å². The van der Waals surface area contributed by atoms with Crippen LogP contribution in [0.2, 0.25) is 0 Å². The molecule has 1 aromatic carbocycles. The molecule has 9 heteroatoms. The molecule has 2 aliphatic rings. The highest BCUT2D eigenvalue weighted by molar-refractivity contribution is 5.80. The fraction of sp³-hybridized carbons (Fsp3) is 0.522. The number of guanidine groups is 1. The predicted molar refractivity (Wildman–Crippen MR) is 119 cm³/mol. The summed E-state index contributed by atoms with van der Waals surface area (Å²) in [5, 5.41) is 6.88. The summed E-state index contributed by atoms with van der Waals surface area (Å²) in [6.45, 7) is 0.661. The largest absolute Gasteiger partial charge is 0.469 e. The lowest BCUT2D eigenvalue weighted by molar-refractivity contribution is -0.0495. The quantitative estimate of drug-likeness (QED) is 0.453. The van der Waals surface area contributed by atoms with Crippen molar-refractivity contribution in [1.29, 1.82) is 0 Å². The third kappa shape index (κ3) is 6.35. The van der Waals surface area contributed by atoms with Gasteiger partial charge in [-0.15, -0.1) is 0 Å². The minimum absolute atomic E-state index is 0.133. The highest BCUT2D eigenvalue weighted by Gasteiger charge is 2.26. The second kappa shape index (κ2) is 11.2. The van der Waals surface area contributed by atoms with Gasteiger partial charge in [-0.2, -0.15) is 8.78 Å². The smallest absolute Gasteiger partial charge is 0.387 e. The Morgan fingerprint density at radius 1 is 1.22 bits per heavy atom. The molecule has 3 heterocycles. The molecule has 0 amide bonds. The molecule has 2 aliphatic heterocycles. The van der Waals surface area contributed by atoms with Gasteiger partial charge in [-0.1, -0.05) is 12.1 Å². The van der Waals surface area contributed by atoms with Crippen LogP contribution < -0.4 is 20.3 Å². The van der Waals surface area contributed by atoms with Crippen LogP contribution in [0.3, 0.4) is 0 Å². The van der Waals surface area contributed by atoms with Crippen molar-refractivity contribution in [2.75, 3.05) is 37.7 Å². The van der Waals surface area contributed by atoms with Crippen LogP contribution in [0.5, 0.6) is 5.75 Å². The van der Waals surface area contributed by atoms with Crippen molar-refractivity contribution >= 4 is 11.6 Å². The Hall–Kier alpha value is -2.81. The number of hydrogen-bond donors (Lipinski definition) is 2. The summed E-state index contributed by atoms with van der Waals surface area (Å²) in [5.74, 6) is 1.85. The molecule has 174 valence electrons. The Morgan fingerprint density at radius 2 is 2.12 bits per heavy atom. The lowest BCUT2D eigenvalue weighted by Crippen LogP contribution is -2.45. The van der Waals surface area contributed by atoms with Crippen LogP contribution in [0.4, 0.5) is 14.5 Å². The van der Waals surface area contributed by atoms with E-state index >= 15 is 0 Å². The third-order valence-corrected chi connectivity index (χ3v) is 5.67. The Balaban J connectivity index is 1.35. The fourth-order valence-electron chi connectivity index (χ4n) is 4.10. The van der Waals surface area contributed by atoms with E-state index in [2.05, 4.69) is 15.5 Å². The van der Waals surface area contributed by atoms with E-state index in [0.29, 0.717) is 25.3 Å². The van der Waals surface area contributed by atoms with Gasteiger partial charge in [-0.3, -0.25) is 4.99 Å². The van der Waals surface area contributed by atoms with Crippen molar-refractivity contribution in [2.45, 2.75) is 44.4 Å². The summed E-state index contributed by atoms with van der Waals surface area (Å²) in [4.78, 5) is 6.80. The van der Waals surface area contributed by atoms with Gasteiger partial charge < -0.3 is 29.4 Å². The number of nitrogens with zero attached hydrogens (tertiary/aromatic N) is 2. The van der Waals surface area contributed by atoms with Crippen LogP contribution in [0, 0.1) is 0 Å². The first-order valence-corrected chi connectivity index (χ1v) is 11.1. The summed E-state index contributed by atoms with van der Waals surface area (Å²) >= 11 is 0.